The molecule has 1 atom stereocenters. The van der Waals surface area contributed by atoms with Gasteiger partial charge in [0.05, 0.1) is 12.2 Å². The molecule has 0 aliphatic carbocycles. The predicted octanol–water partition coefficient (Wildman–Crippen LogP) is 0.899. The zero-order valence-corrected chi connectivity index (χ0v) is 7.12. The Kier molecular flexibility index (Phi) is 2.73. The normalized spacial score (nSPS) is 34.1. The number of hydrogen-bond donors (Lipinski definition) is 1. The zero-order chi connectivity index (χ0) is 7.03. The average Bonchev–Trinajstić information content (AvgIpc) is 1.85. The van der Waals surface area contributed by atoms with Gasteiger partial charge in [-0.1, -0.05) is 0 Å². The van der Waals surface area contributed by atoms with Crippen LogP contribution in [0.4, 0.5) is 4.39 Å². The largest absolute Gasteiger partial charge is 0.372 e. The predicted molar refractivity (Wildman–Crippen MR) is 42.9 cm³/mol. The van der Waals surface area contributed by atoms with Crippen LogP contribution in [0.25, 0.3) is 0 Å². The molecule has 0 aromatic carbocycles. The Balaban J connectivity index is 0.000000605. The van der Waals surface area contributed by atoms with Crippen LogP contribution >= 0.6 is 12.4 Å². The Morgan fingerprint density at radius 1 is 1.45 bits per heavy atom. The summed E-state index contributed by atoms with van der Waals surface area (Å²) in [6, 6.07) is 0. The van der Waals surface area contributed by atoms with Crippen LogP contribution in [0, 0.1) is 0 Å². The molecule has 2 rings (SSSR count). The molecule has 0 aromatic heterocycles. The van der Waals surface area contributed by atoms with Gasteiger partial charge in [0.15, 0.2) is 0 Å². The molecule has 2 fully saturated rings. The molecule has 0 radical (unpaired) electrons. The molecular formula is C7H13ClFNO. The molecule has 0 bridgehead atoms. The van der Waals surface area contributed by atoms with E-state index in [9.17, 15) is 4.39 Å². The number of alkyl halides is 1. The number of hydrogen-bond acceptors (Lipinski definition) is 2. The van der Waals surface area contributed by atoms with Crippen molar-refractivity contribution >= 4 is 12.4 Å². The Labute approximate surface area is 71.9 Å². The number of halogens is 2. The molecule has 1 N–H and O–H groups in total. The lowest BCUT2D eigenvalue weighted by molar-refractivity contribution is -0.129. The maximum Gasteiger partial charge on any atom is 0.105 e. The van der Waals surface area contributed by atoms with Crippen LogP contribution in [-0.2, 0) is 4.74 Å². The maximum absolute atomic E-state index is 12.8. The van der Waals surface area contributed by atoms with Crippen LogP contribution in [0.1, 0.15) is 12.8 Å². The third kappa shape index (κ3) is 1.66. The molecule has 0 saturated carbocycles. The van der Waals surface area contributed by atoms with E-state index < -0.39 is 6.17 Å². The van der Waals surface area contributed by atoms with Gasteiger partial charge in [0.2, 0.25) is 0 Å². The SMILES string of the molecule is Cl.FC1CCOC2(CNC2)C1. The van der Waals surface area contributed by atoms with Gasteiger partial charge in [-0.2, -0.15) is 0 Å². The van der Waals surface area contributed by atoms with Crippen LogP contribution in [0.2, 0.25) is 0 Å². The van der Waals surface area contributed by atoms with E-state index in [4.69, 9.17) is 4.74 Å². The minimum atomic E-state index is -0.629. The first-order valence-corrected chi connectivity index (χ1v) is 3.80. The van der Waals surface area contributed by atoms with Gasteiger partial charge in [-0.3, -0.25) is 0 Å². The highest BCUT2D eigenvalue weighted by molar-refractivity contribution is 5.85. The highest BCUT2D eigenvalue weighted by Crippen LogP contribution is 2.29. The van der Waals surface area contributed by atoms with Crippen molar-refractivity contribution in [1.82, 2.24) is 5.32 Å². The standard InChI is InChI=1S/C7H12FNO.ClH/c8-6-1-2-10-7(3-6)4-9-5-7;/h6,9H,1-5H2;1H. The van der Waals surface area contributed by atoms with Gasteiger partial charge in [-0.05, 0) is 0 Å². The van der Waals surface area contributed by atoms with E-state index in [1.807, 2.05) is 0 Å². The second kappa shape index (κ2) is 3.25. The van der Waals surface area contributed by atoms with Gasteiger partial charge in [-0.25, -0.2) is 4.39 Å². The summed E-state index contributed by atoms with van der Waals surface area (Å²) in [4.78, 5) is 0. The summed E-state index contributed by atoms with van der Waals surface area (Å²) >= 11 is 0. The highest BCUT2D eigenvalue weighted by Gasteiger charge is 2.42. The Morgan fingerprint density at radius 3 is 2.55 bits per heavy atom. The van der Waals surface area contributed by atoms with Crippen LogP contribution in [0.15, 0.2) is 0 Å². The zero-order valence-electron chi connectivity index (χ0n) is 6.31. The molecule has 2 aliphatic heterocycles. The molecule has 2 saturated heterocycles. The van der Waals surface area contributed by atoms with Crippen molar-refractivity contribution in [2.45, 2.75) is 24.6 Å². The quantitative estimate of drug-likeness (QED) is 0.600. The monoisotopic (exact) mass is 181 g/mol. The Bertz CT molecular complexity index is 140. The van der Waals surface area contributed by atoms with Gasteiger partial charge in [0.1, 0.15) is 6.17 Å². The molecule has 1 spiro atoms. The molecule has 11 heavy (non-hydrogen) atoms. The first-order chi connectivity index (χ1) is 4.81. The van der Waals surface area contributed by atoms with E-state index >= 15 is 0 Å². The summed E-state index contributed by atoms with van der Waals surface area (Å²) in [7, 11) is 0. The topological polar surface area (TPSA) is 21.3 Å². The van der Waals surface area contributed by atoms with Gasteiger partial charge >= 0.3 is 0 Å². The van der Waals surface area contributed by atoms with Crippen molar-refractivity contribution in [3.8, 4) is 0 Å². The third-order valence-electron chi connectivity index (χ3n) is 2.33. The smallest absolute Gasteiger partial charge is 0.105 e. The van der Waals surface area contributed by atoms with Crippen molar-refractivity contribution in [2.24, 2.45) is 0 Å². The van der Waals surface area contributed by atoms with Gasteiger partial charge in [0.25, 0.3) is 0 Å². The summed E-state index contributed by atoms with van der Waals surface area (Å²) in [5.74, 6) is 0. The minimum absolute atomic E-state index is 0. The summed E-state index contributed by atoms with van der Waals surface area (Å²) in [6.07, 6.45) is 0.553. The van der Waals surface area contributed by atoms with Crippen LogP contribution in [0.3, 0.4) is 0 Å². The summed E-state index contributed by atoms with van der Waals surface area (Å²) < 4.78 is 18.3. The van der Waals surface area contributed by atoms with Crippen molar-refractivity contribution in [3.05, 3.63) is 0 Å². The van der Waals surface area contributed by atoms with E-state index in [0.717, 1.165) is 13.1 Å². The van der Waals surface area contributed by atoms with Gasteiger partial charge < -0.3 is 10.1 Å². The van der Waals surface area contributed by atoms with E-state index in [1.54, 1.807) is 0 Å². The van der Waals surface area contributed by atoms with E-state index in [2.05, 4.69) is 5.32 Å². The van der Waals surface area contributed by atoms with Crippen molar-refractivity contribution in [2.75, 3.05) is 19.7 Å². The van der Waals surface area contributed by atoms with Crippen LogP contribution in [-0.4, -0.2) is 31.5 Å². The summed E-state index contributed by atoms with van der Waals surface area (Å²) in [6.45, 7) is 2.28. The second-order valence-corrected chi connectivity index (χ2v) is 3.23. The summed E-state index contributed by atoms with van der Waals surface area (Å²) in [5, 5.41) is 3.10. The lowest BCUT2D eigenvalue weighted by atomic mass is 9.87. The molecule has 1 unspecified atom stereocenters. The molecule has 4 heteroatoms. The molecule has 0 aromatic rings. The Morgan fingerprint density at radius 2 is 2.18 bits per heavy atom. The lowest BCUT2D eigenvalue weighted by Crippen LogP contribution is -2.63. The fourth-order valence-electron chi connectivity index (χ4n) is 1.62. The first-order valence-electron chi connectivity index (χ1n) is 3.80. The number of rotatable bonds is 0. The molecule has 0 amide bonds. The fraction of sp³-hybridized carbons (Fsp3) is 1.00. The first kappa shape index (κ1) is 9.23. The average molecular weight is 182 g/mol. The lowest BCUT2D eigenvalue weighted by Gasteiger charge is -2.45. The number of ether oxygens (including phenoxy) is 1. The van der Waals surface area contributed by atoms with E-state index in [0.29, 0.717) is 19.4 Å². The van der Waals surface area contributed by atoms with E-state index in [-0.39, 0.29) is 18.0 Å². The van der Waals surface area contributed by atoms with E-state index in [1.165, 1.54) is 0 Å². The fourth-order valence-corrected chi connectivity index (χ4v) is 1.62. The maximum atomic E-state index is 12.8. The second-order valence-electron chi connectivity index (χ2n) is 3.23. The number of nitrogens with one attached hydrogen (secondary N) is 1. The highest BCUT2D eigenvalue weighted by atomic mass is 35.5. The third-order valence-corrected chi connectivity index (χ3v) is 2.33. The van der Waals surface area contributed by atoms with Crippen LogP contribution in [0.5, 0.6) is 0 Å². The molecule has 2 heterocycles. The van der Waals surface area contributed by atoms with Crippen LogP contribution < -0.4 is 5.32 Å². The van der Waals surface area contributed by atoms with Crippen molar-refractivity contribution < 1.29 is 9.13 Å². The molecule has 2 aliphatic rings. The van der Waals surface area contributed by atoms with Gasteiger partial charge in [0, 0.05) is 25.9 Å². The van der Waals surface area contributed by atoms with Crippen molar-refractivity contribution in [3.63, 3.8) is 0 Å². The summed E-state index contributed by atoms with van der Waals surface area (Å²) in [5.41, 5.74) is -0.113. The molecule has 2 nitrogen and oxygen atoms in total. The Hall–Kier alpha value is 0.140. The molecular weight excluding hydrogens is 169 g/mol. The van der Waals surface area contributed by atoms with Crippen molar-refractivity contribution in [1.29, 1.82) is 0 Å². The minimum Gasteiger partial charge on any atom is -0.372 e. The molecule has 66 valence electrons. The van der Waals surface area contributed by atoms with Gasteiger partial charge in [-0.15, -0.1) is 12.4 Å².